The van der Waals surface area contributed by atoms with Crippen molar-refractivity contribution in [3.8, 4) is 0 Å². The van der Waals surface area contributed by atoms with Crippen molar-refractivity contribution in [3.63, 3.8) is 0 Å². The number of benzene rings is 4. The minimum atomic E-state index is -0.338. The Balaban J connectivity index is 1.77. The monoisotopic (exact) mass is 430 g/mol. The van der Waals surface area contributed by atoms with Gasteiger partial charge < -0.3 is 4.74 Å². The van der Waals surface area contributed by atoms with Gasteiger partial charge in [0, 0.05) is 4.47 Å². The Morgan fingerprint density at radius 1 is 0.857 bits per heavy atom. The summed E-state index contributed by atoms with van der Waals surface area (Å²) < 4.78 is 5.74. The van der Waals surface area contributed by atoms with Gasteiger partial charge in [-0.2, -0.15) is 0 Å². The highest BCUT2D eigenvalue weighted by atomic mass is 79.9. The molecule has 0 saturated heterocycles. The number of esters is 1. The molecule has 4 aromatic carbocycles. The van der Waals surface area contributed by atoms with Gasteiger partial charge in [-0.1, -0.05) is 76.1 Å². The van der Waals surface area contributed by atoms with Crippen molar-refractivity contribution >= 4 is 55.6 Å². The molecule has 0 atom stereocenters. The minimum Gasteiger partial charge on any atom is -0.465 e. The Morgan fingerprint density at radius 3 is 2.29 bits per heavy atom. The van der Waals surface area contributed by atoms with Crippen molar-refractivity contribution in [1.29, 1.82) is 0 Å². The molecule has 4 aromatic rings. The van der Waals surface area contributed by atoms with E-state index in [9.17, 15) is 4.79 Å². The maximum absolute atomic E-state index is 11.8. The fourth-order valence-corrected chi connectivity index (χ4v) is 3.77. The van der Waals surface area contributed by atoms with Crippen LogP contribution in [0, 0.1) is 6.92 Å². The Bertz CT molecular complexity index is 1240. The number of hydrogen-bond donors (Lipinski definition) is 0. The highest BCUT2D eigenvalue weighted by Gasteiger charge is 2.07. The third-order valence-electron chi connectivity index (χ3n) is 4.89. The molecule has 0 spiro atoms. The van der Waals surface area contributed by atoms with Crippen LogP contribution in [0.15, 0.2) is 71.2 Å². The fourth-order valence-electron chi connectivity index (χ4n) is 3.39. The van der Waals surface area contributed by atoms with Gasteiger partial charge in [0.15, 0.2) is 0 Å². The van der Waals surface area contributed by atoms with Crippen molar-refractivity contribution in [2.45, 2.75) is 6.92 Å². The maximum Gasteiger partial charge on any atom is 0.337 e. The smallest absolute Gasteiger partial charge is 0.337 e. The first kappa shape index (κ1) is 18.5. The van der Waals surface area contributed by atoms with Crippen LogP contribution in [-0.2, 0) is 4.74 Å². The lowest BCUT2D eigenvalue weighted by Crippen LogP contribution is -2.01. The standard InChI is InChI=1S/C25H19BrO2/c1-16-3-6-18-9-10-19-7-4-17(14-23(19)22(18)13-16)5-8-20-15-21(25(27)28-2)11-12-24(20)26/h3-15H,1-2H3/b8-5+. The summed E-state index contributed by atoms with van der Waals surface area (Å²) in [4.78, 5) is 11.8. The second kappa shape index (κ2) is 7.61. The molecule has 2 nitrogen and oxygen atoms in total. The lowest BCUT2D eigenvalue weighted by atomic mass is 9.98. The zero-order chi connectivity index (χ0) is 19.7. The highest BCUT2D eigenvalue weighted by Crippen LogP contribution is 2.28. The number of aryl methyl sites for hydroxylation is 1. The fraction of sp³-hybridized carbons (Fsp3) is 0.0800. The molecule has 0 amide bonds. The van der Waals surface area contributed by atoms with Crippen LogP contribution in [0.25, 0.3) is 33.7 Å². The normalized spacial score (nSPS) is 11.4. The van der Waals surface area contributed by atoms with Crippen LogP contribution in [-0.4, -0.2) is 13.1 Å². The molecule has 0 fully saturated rings. The van der Waals surface area contributed by atoms with Gasteiger partial charge in [-0.3, -0.25) is 0 Å². The molecule has 0 unspecified atom stereocenters. The molecule has 0 aliphatic heterocycles. The third kappa shape index (κ3) is 3.58. The molecule has 28 heavy (non-hydrogen) atoms. The molecule has 4 rings (SSSR count). The molecule has 3 heteroatoms. The number of hydrogen-bond acceptors (Lipinski definition) is 2. The van der Waals surface area contributed by atoms with Gasteiger partial charge in [0.2, 0.25) is 0 Å². The van der Waals surface area contributed by atoms with Crippen molar-refractivity contribution in [2.75, 3.05) is 7.11 Å². The number of halogens is 1. The predicted octanol–water partition coefficient (Wildman–Crippen LogP) is 7.02. The van der Waals surface area contributed by atoms with Gasteiger partial charge in [-0.05, 0) is 63.9 Å². The van der Waals surface area contributed by atoms with E-state index in [0.29, 0.717) is 5.56 Å². The predicted molar refractivity (Wildman–Crippen MR) is 121 cm³/mol. The summed E-state index contributed by atoms with van der Waals surface area (Å²) in [6, 6.07) is 22.8. The average Bonchev–Trinajstić information content (AvgIpc) is 2.72. The van der Waals surface area contributed by atoms with Crippen molar-refractivity contribution in [2.24, 2.45) is 0 Å². The van der Waals surface area contributed by atoms with E-state index in [2.05, 4.69) is 77.5 Å². The molecule has 0 saturated carbocycles. The first-order valence-corrected chi connectivity index (χ1v) is 9.83. The summed E-state index contributed by atoms with van der Waals surface area (Å²) in [6.07, 6.45) is 4.07. The Labute approximate surface area is 172 Å². The second-order valence-electron chi connectivity index (χ2n) is 6.83. The molecular formula is C25H19BrO2. The highest BCUT2D eigenvalue weighted by molar-refractivity contribution is 9.10. The molecule has 0 aliphatic carbocycles. The zero-order valence-corrected chi connectivity index (χ0v) is 17.3. The molecule has 0 radical (unpaired) electrons. The van der Waals surface area contributed by atoms with Crippen LogP contribution in [0.4, 0.5) is 0 Å². The summed E-state index contributed by atoms with van der Waals surface area (Å²) in [5, 5.41) is 4.98. The van der Waals surface area contributed by atoms with Crippen molar-refractivity contribution in [1.82, 2.24) is 0 Å². The zero-order valence-electron chi connectivity index (χ0n) is 15.7. The first-order valence-electron chi connectivity index (χ1n) is 9.04. The van der Waals surface area contributed by atoms with E-state index < -0.39 is 0 Å². The van der Waals surface area contributed by atoms with Gasteiger partial charge in [-0.15, -0.1) is 0 Å². The molecule has 0 N–H and O–H groups in total. The van der Waals surface area contributed by atoms with Crippen LogP contribution >= 0.6 is 15.9 Å². The van der Waals surface area contributed by atoms with Crippen LogP contribution in [0.1, 0.15) is 27.0 Å². The summed E-state index contributed by atoms with van der Waals surface area (Å²) >= 11 is 3.55. The van der Waals surface area contributed by atoms with Crippen molar-refractivity contribution < 1.29 is 9.53 Å². The SMILES string of the molecule is COC(=O)c1ccc(Br)c(/C=C/c2ccc3ccc4ccc(C)cc4c3c2)c1. The molecule has 138 valence electrons. The van der Waals surface area contributed by atoms with E-state index in [-0.39, 0.29) is 5.97 Å². The van der Waals surface area contributed by atoms with E-state index in [1.807, 2.05) is 18.2 Å². The maximum atomic E-state index is 11.8. The second-order valence-corrected chi connectivity index (χ2v) is 7.69. The van der Waals surface area contributed by atoms with Gasteiger partial charge in [-0.25, -0.2) is 4.79 Å². The van der Waals surface area contributed by atoms with Gasteiger partial charge in [0.1, 0.15) is 0 Å². The number of carbonyl (C=O) groups excluding carboxylic acids is 1. The van der Waals surface area contributed by atoms with E-state index in [0.717, 1.165) is 15.6 Å². The Morgan fingerprint density at radius 2 is 1.54 bits per heavy atom. The van der Waals surface area contributed by atoms with Crippen LogP contribution < -0.4 is 0 Å². The summed E-state index contributed by atoms with van der Waals surface area (Å²) in [7, 11) is 1.39. The number of ether oxygens (including phenoxy) is 1. The quantitative estimate of drug-likeness (QED) is 0.198. The van der Waals surface area contributed by atoms with E-state index >= 15 is 0 Å². The van der Waals surface area contributed by atoms with Gasteiger partial charge >= 0.3 is 5.97 Å². The summed E-state index contributed by atoms with van der Waals surface area (Å²) in [5.74, 6) is -0.338. The van der Waals surface area contributed by atoms with Crippen LogP contribution in [0.3, 0.4) is 0 Å². The molecular weight excluding hydrogens is 412 g/mol. The lowest BCUT2D eigenvalue weighted by molar-refractivity contribution is 0.0600. The first-order chi connectivity index (χ1) is 13.5. The van der Waals surface area contributed by atoms with Gasteiger partial charge in [0.25, 0.3) is 0 Å². The lowest BCUT2D eigenvalue weighted by Gasteiger charge is -2.07. The number of fused-ring (bicyclic) bond motifs is 3. The minimum absolute atomic E-state index is 0.338. The van der Waals surface area contributed by atoms with E-state index in [1.54, 1.807) is 6.07 Å². The summed E-state index contributed by atoms with van der Waals surface area (Å²) in [6.45, 7) is 2.12. The van der Waals surface area contributed by atoms with E-state index in [4.69, 9.17) is 4.74 Å². The topological polar surface area (TPSA) is 26.3 Å². The number of methoxy groups -OCH3 is 1. The van der Waals surface area contributed by atoms with E-state index in [1.165, 1.54) is 34.2 Å². The molecule has 0 aromatic heterocycles. The van der Waals surface area contributed by atoms with Crippen LogP contribution in [0.2, 0.25) is 0 Å². The van der Waals surface area contributed by atoms with Crippen molar-refractivity contribution in [3.05, 3.63) is 93.5 Å². The molecule has 0 aliphatic rings. The number of carbonyl (C=O) groups is 1. The van der Waals surface area contributed by atoms with Crippen LogP contribution in [0.5, 0.6) is 0 Å². The molecule has 0 bridgehead atoms. The molecule has 0 heterocycles. The summed E-state index contributed by atoms with van der Waals surface area (Å²) in [5.41, 5.74) is 3.82. The number of rotatable bonds is 3. The van der Waals surface area contributed by atoms with Gasteiger partial charge in [0.05, 0.1) is 12.7 Å². The average molecular weight is 431 g/mol. The third-order valence-corrected chi connectivity index (χ3v) is 5.61. The largest absolute Gasteiger partial charge is 0.465 e. The Kier molecular flexibility index (Phi) is 5.01. The Hall–Kier alpha value is -2.91.